The van der Waals surface area contributed by atoms with Gasteiger partial charge in [-0.05, 0) is 50.8 Å². The number of aromatic amines is 1. The van der Waals surface area contributed by atoms with Crippen LogP contribution in [0.2, 0.25) is 0 Å². The first-order valence-electron chi connectivity index (χ1n) is 8.72. The summed E-state index contributed by atoms with van der Waals surface area (Å²) < 4.78 is 2.47. The third kappa shape index (κ3) is 2.50. The number of H-pyrrole nitrogens is 1. The van der Waals surface area contributed by atoms with Gasteiger partial charge in [-0.3, -0.25) is 5.10 Å². The molecule has 0 amide bonds. The smallest absolute Gasteiger partial charge is 0.0625 e. The van der Waals surface area contributed by atoms with Gasteiger partial charge < -0.3 is 4.57 Å². The molecule has 122 valence electrons. The Labute approximate surface area is 142 Å². The zero-order valence-electron chi connectivity index (χ0n) is 14.3. The van der Waals surface area contributed by atoms with Crippen molar-refractivity contribution in [3.8, 4) is 0 Å². The molecule has 0 aliphatic heterocycles. The average molecular weight is 317 g/mol. The summed E-state index contributed by atoms with van der Waals surface area (Å²) in [4.78, 5) is 0. The van der Waals surface area contributed by atoms with E-state index in [2.05, 4.69) is 77.1 Å². The van der Waals surface area contributed by atoms with E-state index in [0.29, 0.717) is 0 Å². The fourth-order valence-electron chi connectivity index (χ4n) is 3.76. The third-order valence-corrected chi connectivity index (χ3v) is 5.02. The molecule has 3 nitrogen and oxygen atoms in total. The van der Waals surface area contributed by atoms with Gasteiger partial charge in [0.2, 0.25) is 0 Å². The highest BCUT2D eigenvalue weighted by molar-refractivity contribution is 6.07. The Morgan fingerprint density at radius 2 is 1.50 bits per heavy atom. The number of para-hydroxylation sites is 2. The minimum absolute atomic E-state index is 1.06. The summed E-state index contributed by atoms with van der Waals surface area (Å²) in [5.41, 5.74) is 6.43. The van der Waals surface area contributed by atoms with Gasteiger partial charge in [0.25, 0.3) is 0 Å². The zero-order chi connectivity index (χ0) is 16.5. The van der Waals surface area contributed by atoms with Crippen LogP contribution in [0.4, 0.5) is 0 Å². The van der Waals surface area contributed by atoms with Gasteiger partial charge in [0.15, 0.2) is 0 Å². The second-order valence-corrected chi connectivity index (χ2v) is 6.56. The van der Waals surface area contributed by atoms with Crippen LogP contribution in [0.5, 0.6) is 0 Å². The molecule has 4 rings (SSSR count). The van der Waals surface area contributed by atoms with Gasteiger partial charge >= 0.3 is 0 Å². The SMILES string of the molecule is Cc1n[nH]c(C)c1CCCCn1c2ccccc2c2ccccc21. The lowest BCUT2D eigenvalue weighted by atomic mass is 10.1. The Morgan fingerprint density at radius 3 is 2.08 bits per heavy atom. The normalized spacial score (nSPS) is 11.6. The molecule has 0 unspecified atom stereocenters. The minimum Gasteiger partial charge on any atom is -0.340 e. The van der Waals surface area contributed by atoms with Crippen LogP contribution in [0, 0.1) is 13.8 Å². The van der Waals surface area contributed by atoms with Crippen LogP contribution >= 0.6 is 0 Å². The summed E-state index contributed by atoms with van der Waals surface area (Å²) in [5.74, 6) is 0. The average Bonchev–Trinajstić information content (AvgIpc) is 3.10. The fourth-order valence-corrected chi connectivity index (χ4v) is 3.76. The first-order valence-corrected chi connectivity index (χ1v) is 8.72. The maximum atomic E-state index is 4.30. The molecule has 0 atom stereocenters. The topological polar surface area (TPSA) is 33.6 Å². The second-order valence-electron chi connectivity index (χ2n) is 6.56. The van der Waals surface area contributed by atoms with Crippen molar-refractivity contribution in [2.75, 3.05) is 0 Å². The number of unbranched alkanes of at least 4 members (excludes halogenated alkanes) is 1. The van der Waals surface area contributed by atoms with Crippen molar-refractivity contribution < 1.29 is 0 Å². The molecule has 2 aromatic heterocycles. The molecule has 4 aromatic rings. The van der Waals surface area contributed by atoms with Crippen LogP contribution in [0.1, 0.15) is 29.8 Å². The van der Waals surface area contributed by atoms with Gasteiger partial charge in [-0.25, -0.2) is 0 Å². The standard InChI is InChI=1S/C21H23N3/c1-15-17(16(2)23-22-15)9-7-8-14-24-20-12-5-3-10-18(20)19-11-4-6-13-21(19)24/h3-6,10-13H,7-9,14H2,1-2H3,(H,22,23). The molecule has 0 spiro atoms. The quantitative estimate of drug-likeness (QED) is 0.507. The summed E-state index contributed by atoms with van der Waals surface area (Å²) in [5, 5.41) is 10.1. The second kappa shape index (κ2) is 6.16. The number of nitrogens with zero attached hydrogens (tertiary/aromatic N) is 2. The van der Waals surface area contributed by atoms with Crippen LogP contribution < -0.4 is 0 Å². The van der Waals surface area contributed by atoms with E-state index in [1.165, 1.54) is 45.9 Å². The summed E-state index contributed by atoms with van der Waals surface area (Å²) in [7, 11) is 0. The molecule has 24 heavy (non-hydrogen) atoms. The number of rotatable bonds is 5. The zero-order valence-corrected chi connectivity index (χ0v) is 14.3. The maximum absolute atomic E-state index is 4.30. The molecule has 2 heterocycles. The van der Waals surface area contributed by atoms with E-state index < -0.39 is 0 Å². The highest BCUT2D eigenvalue weighted by Crippen LogP contribution is 2.29. The van der Waals surface area contributed by atoms with E-state index in [1.54, 1.807) is 0 Å². The largest absolute Gasteiger partial charge is 0.340 e. The molecule has 0 aliphatic rings. The first kappa shape index (κ1) is 15.0. The van der Waals surface area contributed by atoms with Gasteiger partial charge in [0.05, 0.1) is 5.69 Å². The Bertz CT molecular complexity index is 918. The molecular weight excluding hydrogens is 294 g/mol. The molecule has 1 N–H and O–H groups in total. The highest BCUT2D eigenvalue weighted by Gasteiger charge is 2.10. The molecular formula is C21H23N3. The Balaban J connectivity index is 1.56. The number of nitrogens with one attached hydrogen (secondary N) is 1. The van der Waals surface area contributed by atoms with E-state index in [9.17, 15) is 0 Å². The summed E-state index contributed by atoms with van der Waals surface area (Å²) in [6.45, 7) is 5.26. The van der Waals surface area contributed by atoms with Crippen LogP contribution in [0.25, 0.3) is 21.8 Å². The van der Waals surface area contributed by atoms with Crippen molar-refractivity contribution in [3.63, 3.8) is 0 Å². The predicted octanol–water partition coefficient (Wildman–Crippen LogP) is 5.16. The highest BCUT2D eigenvalue weighted by atomic mass is 15.1. The van der Waals surface area contributed by atoms with Crippen molar-refractivity contribution in [2.45, 2.75) is 39.7 Å². The van der Waals surface area contributed by atoms with E-state index in [1.807, 2.05) is 0 Å². The molecule has 2 aromatic carbocycles. The van der Waals surface area contributed by atoms with Crippen molar-refractivity contribution in [2.24, 2.45) is 0 Å². The minimum atomic E-state index is 1.06. The van der Waals surface area contributed by atoms with E-state index in [-0.39, 0.29) is 0 Å². The number of benzene rings is 2. The van der Waals surface area contributed by atoms with Crippen molar-refractivity contribution in [3.05, 3.63) is 65.5 Å². The molecule has 0 saturated heterocycles. The van der Waals surface area contributed by atoms with Crippen LogP contribution in [0.15, 0.2) is 48.5 Å². The molecule has 0 radical (unpaired) electrons. The lowest BCUT2D eigenvalue weighted by Gasteiger charge is -2.08. The van der Waals surface area contributed by atoms with E-state index >= 15 is 0 Å². The molecule has 0 aliphatic carbocycles. The van der Waals surface area contributed by atoms with Crippen LogP contribution in [-0.4, -0.2) is 14.8 Å². The predicted molar refractivity (Wildman–Crippen MR) is 100 cm³/mol. The summed E-state index contributed by atoms with van der Waals surface area (Å²) in [6, 6.07) is 17.5. The maximum Gasteiger partial charge on any atom is 0.0625 e. The lowest BCUT2D eigenvalue weighted by Crippen LogP contribution is -1.99. The molecule has 3 heteroatoms. The van der Waals surface area contributed by atoms with Crippen LogP contribution in [-0.2, 0) is 13.0 Å². The number of hydrogen-bond donors (Lipinski definition) is 1. The van der Waals surface area contributed by atoms with Gasteiger partial charge in [0.1, 0.15) is 0 Å². The third-order valence-electron chi connectivity index (χ3n) is 5.02. The Kier molecular flexibility index (Phi) is 3.85. The van der Waals surface area contributed by atoms with Crippen LogP contribution in [0.3, 0.4) is 0 Å². The van der Waals surface area contributed by atoms with Gasteiger partial charge in [-0.2, -0.15) is 5.10 Å². The van der Waals surface area contributed by atoms with Crippen molar-refractivity contribution >= 4 is 21.8 Å². The fraction of sp³-hybridized carbons (Fsp3) is 0.286. The molecule has 0 saturated carbocycles. The number of hydrogen-bond acceptors (Lipinski definition) is 1. The first-order chi connectivity index (χ1) is 11.8. The summed E-state index contributed by atoms with van der Waals surface area (Å²) in [6.07, 6.45) is 3.46. The Morgan fingerprint density at radius 1 is 0.875 bits per heavy atom. The van der Waals surface area contributed by atoms with Gasteiger partial charge in [0, 0.05) is 34.0 Å². The number of aryl methyl sites for hydroxylation is 3. The number of aromatic nitrogens is 3. The van der Waals surface area contributed by atoms with E-state index in [0.717, 1.165) is 18.7 Å². The lowest BCUT2D eigenvalue weighted by molar-refractivity contribution is 0.634. The summed E-state index contributed by atoms with van der Waals surface area (Å²) >= 11 is 0. The molecule has 0 fully saturated rings. The molecule has 0 bridgehead atoms. The number of fused-ring (bicyclic) bond motifs is 3. The Hall–Kier alpha value is -2.55. The van der Waals surface area contributed by atoms with Gasteiger partial charge in [-0.15, -0.1) is 0 Å². The van der Waals surface area contributed by atoms with Gasteiger partial charge in [-0.1, -0.05) is 36.4 Å². The van der Waals surface area contributed by atoms with E-state index in [4.69, 9.17) is 0 Å². The van der Waals surface area contributed by atoms with Crippen molar-refractivity contribution in [1.29, 1.82) is 0 Å². The monoisotopic (exact) mass is 317 g/mol. The van der Waals surface area contributed by atoms with Crippen molar-refractivity contribution in [1.82, 2.24) is 14.8 Å².